The van der Waals surface area contributed by atoms with Crippen molar-refractivity contribution in [1.29, 1.82) is 0 Å². The fraction of sp³-hybridized carbons (Fsp3) is 0. The lowest BCUT2D eigenvalue weighted by molar-refractivity contribution is -0.124. The van der Waals surface area contributed by atoms with Gasteiger partial charge in [-0.3, -0.25) is 19.9 Å². The Labute approximate surface area is 79.1 Å². The second-order valence-corrected chi connectivity index (χ2v) is 2.75. The molecule has 2 amide bonds. The summed E-state index contributed by atoms with van der Waals surface area (Å²) in [5, 5.41) is 11.3. The molecule has 0 spiro atoms. The third-order valence-electron chi connectivity index (χ3n) is 1.86. The first-order chi connectivity index (χ1) is 6.70. The number of carbonyl (C=O) groups is 2. The summed E-state index contributed by atoms with van der Waals surface area (Å²) < 4.78 is 0. The van der Waals surface area contributed by atoms with Crippen molar-refractivity contribution in [3.8, 4) is 0 Å². The van der Waals surface area contributed by atoms with E-state index in [1.165, 1.54) is 12.4 Å². The minimum Gasteiger partial charge on any atom is -0.502 e. The highest BCUT2D eigenvalue weighted by Gasteiger charge is 2.30. The van der Waals surface area contributed by atoms with E-state index in [0.717, 1.165) is 0 Å². The standard InChI is InChI=1S/C9H6N2O3/c12-7-6(8(13)11-9(7)14)5-2-1-3-10-4-5/h1-4H,(H2,11,12,13,14). The Hall–Kier alpha value is -2.17. The average Bonchev–Trinajstić information content (AvgIpc) is 2.43. The van der Waals surface area contributed by atoms with Crippen molar-refractivity contribution < 1.29 is 14.7 Å². The van der Waals surface area contributed by atoms with Crippen LogP contribution >= 0.6 is 0 Å². The second-order valence-electron chi connectivity index (χ2n) is 2.75. The molecule has 1 aliphatic heterocycles. The Morgan fingerprint density at radius 1 is 1.29 bits per heavy atom. The number of hydrogen-bond acceptors (Lipinski definition) is 4. The molecular weight excluding hydrogens is 184 g/mol. The Balaban J connectivity index is 2.54. The molecule has 2 heterocycles. The predicted octanol–water partition coefficient (Wildman–Crippen LogP) is 0.00710. The van der Waals surface area contributed by atoms with E-state index in [2.05, 4.69) is 4.98 Å². The van der Waals surface area contributed by atoms with Crippen LogP contribution in [0, 0.1) is 0 Å². The smallest absolute Gasteiger partial charge is 0.293 e. The van der Waals surface area contributed by atoms with Crippen molar-refractivity contribution in [3.63, 3.8) is 0 Å². The summed E-state index contributed by atoms with van der Waals surface area (Å²) in [6, 6.07) is 3.21. The lowest BCUT2D eigenvalue weighted by atomic mass is 10.1. The number of aliphatic hydroxyl groups is 1. The first-order valence-corrected chi connectivity index (χ1v) is 3.89. The SMILES string of the molecule is O=C1NC(=O)C(c2cccnc2)=C1O. The maximum absolute atomic E-state index is 11.2. The van der Waals surface area contributed by atoms with Crippen molar-refractivity contribution in [1.82, 2.24) is 10.3 Å². The number of hydrogen-bond donors (Lipinski definition) is 2. The molecule has 5 nitrogen and oxygen atoms in total. The molecule has 0 aliphatic carbocycles. The van der Waals surface area contributed by atoms with Gasteiger partial charge in [0.1, 0.15) is 0 Å². The highest BCUT2D eigenvalue weighted by atomic mass is 16.3. The number of carbonyl (C=O) groups excluding carboxylic acids is 2. The number of nitrogens with zero attached hydrogens (tertiary/aromatic N) is 1. The molecule has 0 unspecified atom stereocenters. The van der Waals surface area contributed by atoms with Crippen LogP contribution in [-0.2, 0) is 9.59 Å². The summed E-state index contributed by atoms with van der Waals surface area (Å²) in [6.07, 6.45) is 2.94. The lowest BCUT2D eigenvalue weighted by Gasteiger charge is -1.97. The first kappa shape index (κ1) is 8.43. The summed E-state index contributed by atoms with van der Waals surface area (Å²) in [6.45, 7) is 0. The van der Waals surface area contributed by atoms with Gasteiger partial charge in [-0.2, -0.15) is 0 Å². The molecule has 1 aromatic heterocycles. The maximum atomic E-state index is 11.2. The zero-order valence-corrected chi connectivity index (χ0v) is 7.02. The largest absolute Gasteiger partial charge is 0.502 e. The van der Waals surface area contributed by atoms with E-state index in [1.807, 2.05) is 5.32 Å². The molecule has 1 aliphatic rings. The van der Waals surface area contributed by atoms with Crippen molar-refractivity contribution >= 4 is 17.4 Å². The second kappa shape index (κ2) is 2.95. The van der Waals surface area contributed by atoms with Gasteiger partial charge < -0.3 is 5.11 Å². The summed E-state index contributed by atoms with van der Waals surface area (Å²) >= 11 is 0. The monoisotopic (exact) mass is 190 g/mol. The van der Waals surface area contributed by atoms with Crippen LogP contribution < -0.4 is 5.32 Å². The number of aromatic nitrogens is 1. The van der Waals surface area contributed by atoms with Crippen molar-refractivity contribution in [3.05, 3.63) is 35.8 Å². The number of aliphatic hydroxyl groups excluding tert-OH is 1. The fourth-order valence-corrected chi connectivity index (χ4v) is 1.22. The van der Waals surface area contributed by atoms with E-state index >= 15 is 0 Å². The summed E-state index contributed by atoms with van der Waals surface area (Å²) in [4.78, 5) is 25.9. The van der Waals surface area contributed by atoms with E-state index in [0.29, 0.717) is 5.56 Å². The van der Waals surface area contributed by atoms with Crippen LogP contribution in [0.15, 0.2) is 30.3 Å². The quantitative estimate of drug-likeness (QED) is 0.611. The number of amides is 2. The third-order valence-corrected chi connectivity index (χ3v) is 1.86. The molecule has 0 atom stereocenters. The van der Waals surface area contributed by atoms with Gasteiger partial charge in [-0.05, 0) is 6.07 Å². The molecule has 0 bridgehead atoms. The Bertz CT molecular complexity index is 437. The highest BCUT2D eigenvalue weighted by molar-refractivity contribution is 6.34. The Morgan fingerprint density at radius 3 is 2.57 bits per heavy atom. The zero-order valence-electron chi connectivity index (χ0n) is 7.02. The average molecular weight is 190 g/mol. The van der Waals surface area contributed by atoms with Crippen LogP contribution in [0.3, 0.4) is 0 Å². The minimum atomic E-state index is -0.770. The van der Waals surface area contributed by atoms with E-state index in [9.17, 15) is 14.7 Å². The van der Waals surface area contributed by atoms with E-state index in [1.54, 1.807) is 12.1 Å². The van der Waals surface area contributed by atoms with Crippen LogP contribution in [0.25, 0.3) is 5.57 Å². The normalized spacial score (nSPS) is 16.0. The molecule has 1 aromatic rings. The van der Waals surface area contributed by atoms with Crippen LogP contribution in [0.4, 0.5) is 0 Å². The molecule has 0 saturated heterocycles. The Morgan fingerprint density at radius 2 is 2.07 bits per heavy atom. The molecule has 5 heteroatoms. The van der Waals surface area contributed by atoms with Crippen LogP contribution in [0.1, 0.15) is 5.56 Å². The highest BCUT2D eigenvalue weighted by Crippen LogP contribution is 2.20. The van der Waals surface area contributed by atoms with Crippen LogP contribution in [0.5, 0.6) is 0 Å². The number of rotatable bonds is 1. The van der Waals surface area contributed by atoms with E-state index in [-0.39, 0.29) is 5.57 Å². The summed E-state index contributed by atoms with van der Waals surface area (Å²) in [5.74, 6) is -1.92. The van der Waals surface area contributed by atoms with Crippen LogP contribution in [-0.4, -0.2) is 21.9 Å². The predicted molar refractivity (Wildman–Crippen MR) is 46.9 cm³/mol. The summed E-state index contributed by atoms with van der Waals surface area (Å²) in [7, 11) is 0. The third kappa shape index (κ3) is 1.15. The van der Waals surface area contributed by atoms with Crippen LogP contribution in [0.2, 0.25) is 0 Å². The van der Waals surface area contributed by atoms with Gasteiger partial charge in [0.15, 0.2) is 5.76 Å². The first-order valence-electron chi connectivity index (χ1n) is 3.89. The molecule has 0 radical (unpaired) electrons. The van der Waals surface area contributed by atoms with E-state index in [4.69, 9.17) is 0 Å². The van der Waals surface area contributed by atoms with Gasteiger partial charge in [-0.1, -0.05) is 6.07 Å². The van der Waals surface area contributed by atoms with Gasteiger partial charge in [0.25, 0.3) is 11.8 Å². The molecule has 14 heavy (non-hydrogen) atoms. The summed E-state index contributed by atoms with van der Waals surface area (Å²) in [5.41, 5.74) is 0.399. The van der Waals surface area contributed by atoms with E-state index < -0.39 is 17.6 Å². The topological polar surface area (TPSA) is 79.3 Å². The fourth-order valence-electron chi connectivity index (χ4n) is 1.22. The molecule has 0 saturated carbocycles. The molecule has 0 aromatic carbocycles. The molecule has 0 fully saturated rings. The van der Waals surface area contributed by atoms with Gasteiger partial charge in [-0.15, -0.1) is 0 Å². The number of nitrogens with one attached hydrogen (secondary N) is 1. The van der Waals surface area contributed by atoms with Gasteiger partial charge in [-0.25, -0.2) is 0 Å². The lowest BCUT2D eigenvalue weighted by Crippen LogP contribution is -2.22. The zero-order chi connectivity index (χ0) is 10.1. The Kier molecular flexibility index (Phi) is 1.78. The van der Waals surface area contributed by atoms with Gasteiger partial charge in [0.05, 0.1) is 5.57 Å². The van der Waals surface area contributed by atoms with Crippen molar-refractivity contribution in [2.45, 2.75) is 0 Å². The van der Waals surface area contributed by atoms with Gasteiger partial charge in [0, 0.05) is 18.0 Å². The number of pyridine rings is 1. The molecule has 2 rings (SSSR count). The molecular formula is C9H6N2O3. The van der Waals surface area contributed by atoms with Crippen molar-refractivity contribution in [2.24, 2.45) is 0 Å². The minimum absolute atomic E-state index is 0.0249. The maximum Gasteiger partial charge on any atom is 0.293 e. The molecule has 2 N–H and O–H groups in total. The van der Waals surface area contributed by atoms with Gasteiger partial charge >= 0.3 is 0 Å². The van der Waals surface area contributed by atoms with Gasteiger partial charge in [0.2, 0.25) is 0 Å². The number of imide groups is 1. The molecule has 70 valence electrons. The van der Waals surface area contributed by atoms with Crippen molar-refractivity contribution in [2.75, 3.05) is 0 Å².